The maximum absolute atomic E-state index is 12.5. The lowest BCUT2D eigenvalue weighted by atomic mass is 10.1. The number of hydrogen-bond donors (Lipinski definition) is 0. The second kappa shape index (κ2) is 4.64. The summed E-state index contributed by atoms with van der Waals surface area (Å²) in [6.07, 6.45) is -8.14. The Labute approximate surface area is 92.2 Å². The van der Waals surface area contributed by atoms with Gasteiger partial charge in [-0.25, -0.2) is 13.8 Å². The van der Waals surface area contributed by atoms with Crippen LogP contribution in [0.3, 0.4) is 0 Å². The molecule has 0 aliphatic heterocycles. The van der Waals surface area contributed by atoms with Gasteiger partial charge in [0.05, 0.1) is 12.7 Å². The average Bonchev–Trinajstić information content (AvgIpc) is 2.25. The van der Waals surface area contributed by atoms with Crippen LogP contribution in [0.1, 0.15) is 28.0 Å². The third-order valence-corrected chi connectivity index (χ3v) is 1.89. The summed E-state index contributed by atoms with van der Waals surface area (Å²) in [4.78, 5) is 13.5. The fraction of sp³-hybridized carbons (Fsp3) is 0.333. The van der Waals surface area contributed by atoms with Gasteiger partial charge < -0.3 is 4.74 Å². The number of hydrogen-bond acceptors (Lipinski definition) is 3. The van der Waals surface area contributed by atoms with E-state index in [1.165, 1.54) is 0 Å². The topological polar surface area (TPSA) is 39.2 Å². The molecule has 1 aromatic heterocycles. The minimum atomic E-state index is -4.89. The monoisotopic (exact) mass is 255 g/mol. The van der Waals surface area contributed by atoms with Crippen molar-refractivity contribution in [3.8, 4) is 5.88 Å². The quantitative estimate of drug-likeness (QED) is 0.615. The predicted octanol–water partition coefficient (Wildman–Crippen LogP) is 2.86. The number of alkyl halides is 5. The highest BCUT2D eigenvalue weighted by molar-refractivity contribution is 5.81. The predicted molar refractivity (Wildman–Crippen MR) is 46.1 cm³/mol. The van der Waals surface area contributed by atoms with Gasteiger partial charge in [-0.15, -0.1) is 0 Å². The van der Waals surface area contributed by atoms with Gasteiger partial charge in [-0.05, 0) is 6.07 Å². The molecule has 0 aliphatic carbocycles. The van der Waals surface area contributed by atoms with Gasteiger partial charge >= 0.3 is 6.18 Å². The molecule has 0 N–H and O–H groups in total. The molecular weight excluding hydrogens is 249 g/mol. The van der Waals surface area contributed by atoms with Crippen molar-refractivity contribution in [3.05, 3.63) is 22.9 Å². The van der Waals surface area contributed by atoms with E-state index < -0.39 is 35.3 Å². The van der Waals surface area contributed by atoms with Gasteiger partial charge in [-0.3, -0.25) is 4.79 Å². The van der Waals surface area contributed by atoms with E-state index in [-0.39, 0.29) is 12.4 Å². The maximum atomic E-state index is 12.5. The Morgan fingerprint density at radius 3 is 2.35 bits per heavy atom. The number of carbonyl (C=O) groups excluding carboxylic acids is 1. The first-order valence-corrected chi connectivity index (χ1v) is 4.20. The number of aldehydes is 1. The molecule has 0 unspecified atom stereocenters. The molecular formula is C9H6F5NO2. The minimum absolute atomic E-state index is 0.0204. The van der Waals surface area contributed by atoms with E-state index >= 15 is 0 Å². The smallest absolute Gasteiger partial charge is 0.433 e. The highest BCUT2D eigenvalue weighted by Gasteiger charge is 2.35. The molecule has 17 heavy (non-hydrogen) atoms. The van der Waals surface area contributed by atoms with Crippen LogP contribution in [0.5, 0.6) is 5.88 Å². The molecule has 3 nitrogen and oxygen atoms in total. The zero-order valence-corrected chi connectivity index (χ0v) is 8.39. The fourth-order valence-corrected chi connectivity index (χ4v) is 1.15. The van der Waals surface area contributed by atoms with E-state index in [1.54, 1.807) is 0 Å². The maximum Gasteiger partial charge on any atom is 0.433 e. The molecule has 0 saturated heterocycles. The van der Waals surface area contributed by atoms with Gasteiger partial charge in [0.25, 0.3) is 6.43 Å². The largest absolute Gasteiger partial charge is 0.480 e. The zero-order chi connectivity index (χ0) is 13.2. The van der Waals surface area contributed by atoms with Crippen molar-refractivity contribution < 1.29 is 31.5 Å². The summed E-state index contributed by atoms with van der Waals surface area (Å²) in [5.74, 6) is -0.773. The Hall–Kier alpha value is -1.73. The van der Waals surface area contributed by atoms with Crippen molar-refractivity contribution in [1.82, 2.24) is 4.98 Å². The molecule has 0 saturated carbocycles. The number of rotatable bonds is 3. The third kappa shape index (κ3) is 2.69. The Balaban J connectivity index is 3.51. The molecule has 0 spiro atoms. The van der Waals surface area contributed by atoms with E-state index in [2.05, 4.69) is 9.72 Å². The van der Waals surface area contributed by atoms with Crippen LogP contribution < -0.4 is 4.74 Å². The van der Waals surface area contributed by atoms with Gasteiger partial charge in [0, 0.05) is 5.56 Å². The van der Waals surface area contributed by atoms with Gasteiger partial charge in [0.1, 0.15) is 5.69 Å². The number of carbonyl (C=O) groups is 1. The SMILES string of the molecule is COc1nc(C(F)(F)F)cc(C(F)F)c1C=O. The highest BCUT2D eigenvalue weighted by Crippen LogP contribution is 2.34. The van der Waals surface area contributed by atoms with Crippen molar-refractivity contribution in [3.63, 3.8) is 0 Å². The summed E-state index contributed by atoms with van der Waals surface area (Å²) >= 11 is 0. The van der Waals surface area contributed by atoms with Crippen LogP contribution in [0.2, 0.25) is 0 Å². The van der Waals surface area contributed by atoms with E-state index in [9.17, 15) is 26.7 Å². The first-order valence-electron chi connectivity index (χ1n) is 4.20. The number of ether oxygens (including phenoxy) is 1. The molecule has 0 fully saturated rings. The molecule has 0 atom stereocenters. The lowest BCUT2D eigenvalue weighted by Crippen LogP contribution is -2.12. The van der Waals surface area contributed by atoms with Crippen molar-refractivity contribution in [2.24, 2.45) is 0 Å². The van der Waals surface area contributed by atoms with Crippen LogP contribution >= 0.6 is 0 Å². The van der Waals surface area contributed by atoms with Crippen molar-refractivity contribution in [1.29, 1.82) is 0 Å². The minimum Gasteiger partial charge on any atom is -0.480 e. The summed E-state index contributed by atoms with van der Waals surface area (Å²) in [5.41, 5.74) is -3.27. The van der Waals surface area contributed by atoms with E-state index in [4.69, 9.17) is 0 Å². The number of nitrogens with zero attached hydrogens (tertiary/aromatic N) is 1. The standard InChI is InChI=1S/C9H6F5NO2/c1-17-8-5(3-16)4(7(10)11)2-6(15-8)9(12,13)14/h2-3,7H,1H3. The van der Waals surface area contributed by atoms with Crippen LogP contribution in [0.25, 0.3) is 0 Å². The molecule has 0 amide bonds. The Morgan fingerprint density at radius 2 is 2.00 bits per heavy atom. The Kier molecular flexibility index (Phi) is 3.64. The van der Waals surface area contributed by atoms with Gasteiger partial charge in [0.15, 0.2) is 6.29 Å². The summed E-state index contributed by atoms with van der Waals surface area (Å²) in [7, 11) is 0.935. The molecule has 1 rings (SSSR count). The van der Waals surface area contributed by atoms with E-state index in [0.717, 1.165) is 7.11 Å². The van der Waals surface area contributed by atoms with E-state index in [1.807, 2.05) is 0 Å². The van der Waals surface area contributed by atoms with Crippen LogP contribution in [-0.4, -0.2) is 18.4 Å². The summed E-state index contributed by atoms with van der Waals surface area (Å²) in [5, 5.41) is 0. The second-order valence-corrected chi connectivity index (χ2v) is 2.94. The average molecular weight is 255 g/mol. The van der Waals surface area contributed by atoms with Crippen LogP contribution in [0.15, 0.2) is 6.07 Å². The normalized spacial score (nSPS) is 11.7. The lowest BCUT2D eigenvalue weighted by Gasteiger charge is -2.12. The fourth-order valence-electron chi connectivity index (χ4n) is 1.15. The summed E-state index contributed by atoms with van der Waals surface area (Å²) < 4.78 is 66.4. The molecule has 8 heteroatoms. The van der Waals surface area contributed by atoms with Crippen LogP contribution in [0.4, 0.5) is 22.0 Å². The number of halogens is 5. The van der Waals surface area contributed by atoms with Gasteiger partial charge in [0.2, 0.25) is 5.88 Å². The third-order valence-electron chi connectivity index (χ3n) is 1.89. The van der Waals surface area contributed by atoms with Gasteiger partial charge in [-0.1, -0.05) is 0 Å². The first-order chi connectivity index (χ1) is 7.81. The number of aromatic nitrogens is 1. The zero-order valence-electron chi connectivity index (χ0n) is 8.39. The summed E-state index contributed by atoms with van der Waals surface area (Å²) in [6, 6.07) is 0.136. The molecule has 1 aromatic rings. The second-order valence-electron chi connectivity index (χ2n) is 2.94. The van der Waals surface area contributed by atoms with E-state index in [0.29, 0.717) is 0 Å². The van der Waals surface area contributed by atoms with Crippen molar-refractivity contribution >= 4 is 6.29 Å². The van der Waals surface area contributed by atoms with Crippen molar-refractivity contribution in [2.45, 2.75) is 12.6 Å². The highest BCUT2D eigenvalue weighted by atomic mass is 19.4. The van der Waals surface area contributed by atoms with Gasteiger partial charge in [-0.2, -0.15) is 13.2 Å². The summed E-state index contributed by atoms with van der Waals surface area (Å²) in [6.45, 7) is 0. The Bertz CT molecular complexity index is 430. The van der Waals surface area contributed by atoms with Crippen molar-refractivity contribution in [2.75, 3.05) is 7.11 Å². The molecule has 0 bridgehead atoms. The molecule has 0 aliphatic rings. The lowest BCUT2D eigenvalue weighted by molar-refractivity contribution is -0.141. The molecule has 94 valence electrons. The number of methoxy groups -OCH3 is 1. The van der Waals surface area contributed by atoms with Crippen LogP contribution in [0, 0.1) is 0 Å². The number of pyridine rings is 1. The Morgan fingerprint density at radius 1 is 1.41 bits per heavy atom. The molecule has 0 radical (unpaired) electrons. The van der Waals surface area contributed by atoms with Crippen LogP contribution in [-0.2, 0) is 6.18 Å². The first kappa shape index (κ1) is 13.3. The molecule has 1 heterocycles. The molecule has 0 aromatic carbocycles.